The lowest BCUT2D eigenvalue weighted by molar-refractivity contribution is 0.405. The van der Waals surface area contributed by atoms with Crippen LogP contribution in [0.3, 0.4) is 0 Å². The van der Waals surface area contributed by atoms with E-state index in [0.29, 0.717) is 11.9 Å². The molecule has 3 heteroatoms. The summed E-state index contributed by atoms with van der Waals surface area (Å²) in [7, 11) is 1.70. The van der Waals surface area contributed by atoms with Gasteiger partial charge in [-0.15, -0.1) is 11.6 Å². The first-order valence-corrected chi connectivity index (χ1v) is 6.17. The fourth-order valence-electron chi connectivity index (χ4n) is 1.61. The lowest BCUT2D eigenvalue weighted by Gasteiger charge is -2.15. The first-order chi connectivity index (χ1) is 7.71. The number of ether oxygens (including phenoxy) is 1. The lowest BCUT2D eigenvalue weighted by Crippen LogP contribution is -2.29. The van der Waals surface area contributed by atoms with Gasteiger partial charge in [-0.25, -0.2) is 0 Å². The molecule has 1 N–H and O–H groups in total. The Bertz CT molecular complexity index is 324. The van der Waals surface area contributed by atoms with Gasteiger partial charge in [-0.1, -0.05) is 24.6 Å². The normalized spacial score (nSPS) is 12.5. The van der Waals surface area contributed by atoms with Gasteiger partial charge in [-0.2, -0.15) is 0 Å². The minimum atomic E-state index is 0.367. The van der Waals surface area contributed by atoms with Crippen molar-refractivity contribution in [3.8, 4) is 5.75 Å². The molecule has 1 unspecified atom stereocenters. The van der Waals surface area contributed by atoms with Crippen molar-refractivity contribution in [2.75, 3.05) is 13.0 Å². The highest BCUT2D eigenvalue weighted by Gasteiger charge is 2.07. The van der Waals surface area contributed by atoms with Crippen LogP contribution in [0.1, 0.15) is 24.5 Å². The smallest absolute Gasteiger partial charge is 0.123 e. The summed E-state index contributed by atoms with van der Waals surface area (Å²) in [5, 5.41) is 3.43. The van der Waals surface area contributed by atoms with Crippen molar-refractivity contribution in [1.29, 1.82) is 0 Å². The van der Waals surface area contributed by atoms with Crippen molar-refractivity contribution in [2.45, 2.75) is 32.9 Å². The van der Waals surface area contributed by atoms with Crippen molar-refractivity contribution < 1.29 is 4.74 Å². The third kappa shape index (κ3) is 3.69. The highest BCUT2D eigenvalue weighted by atomic mass is 35.5. The van der Waals surface area contributed by atoms with Crippen molar-refractivity contribution in [2.24, 2.45) is 0 Å². The van der Waals surface area contributed by atoms with Crippen molar-refractivity contribution in [1.82, 2.24) is 5.32 Å². The summed E-state index contributed by atoms with van der Waals surface area (Å²) in [6.07, 6.45) is 1.04. The van der Waals surface area contributed by atoms with E-state index in [1.165, 1.54) is 11.1 Å². The first-order valence-electron chi connectivity index (χ1n) is 5.64. The second-order valence-electron chi connectivity index (χ2n) is 3.96. The van der Waals surface area contributed by atoms with E-state index in [9.17, 15) is 0 Å². The van der Waals surface area contributed by atoms with Crippen LogP contribution in [0.2, 0.25) is 0 Å². The Balaban J connectivity index is 2.68. The lowest BCUT2D eigenvalue weighted by atomic mass is 10.1. The molecule has 0 bridgehead atoms. The molecule has 0 aliphatic heterocycles. The van der Waals surface area contributed by atoms with E-state index < -0.39 is 0 Å². The number of benzene rings is 1. The standard InChI is InChI=1S/C13H20ClNO/c1-4-12(8-14)15-9-11-7-10(2)5-6-13(11)16-3/h5-7,12,15H,4,8-9H2,1-3H3. The van der Waals surface area contributed by atoms with E-state index in [0.717, 1.165) is 18.7 Å². The van der Waals surface area contributed by atoms with Crippen molar-refractivity contribution >= 4 is 11.6 Å². The summed E-state index contributed by atoms with van der Waals surface area (Å²) >= 11 is 5.85. The third-order valence-corrected chi connectivity index (χ3v) is 3.07. The van der Waals surface area contributed by atoms with E-state index in [4.69, 9.17) is 16.3 Å². The Hall–Kier alpha value is -0.730. The molecular formula is C13H20ClNO. The zero-order valence-corrected chi connectivity index (χ0v) is 11.0. The van der Waals surface area contributed by atoms with Crippen molar-refractivity contribution in [3.05, 3.63) is 29.3 Å². The molecule has 0 heterocycles. The summed E-state index contributed by atoms with van der Waals surface area (Å²) in [5.74, 6) is 1.58. The Kier molecular flexibility index (Phi) is 5.64. The summed E-state index contributed by atoms with van der Waals surface area (Å²) in [6, 6.07) is 6.58. The maximum absolute atomic E-state index is 5.85. The monoisotopic (exact) mass is 241 g/mol. The fraction of sp³-hybridized carbons (Fsp3) is 0.538. The molecule has 1 atom stereocenters. The van der Waals surface area contributed by atoms with Gasteiger partial charge in [0.05, 0.1) is 7.11 Å². The number of hydrogen-bond acceptors (Lipinski definition) is 2. The molecule has 0 fully saturated rings. The molecule has 16 heavy (non-hydrogen) atoms. The average molecular weight is 242 g/mol. The van der Waals surface area contributed by atoms with Crippen LogP contribution >= 0.6 is 11.6 Å². The third-order valence-electron chi connectivity index (χ3n) is 2.70. The first kappa shape index (κ1) is 13.3. The minimum absolute atomic E-state index is 0.367. The Morgan fingerprint density at radius 2 is 2.19 bits per heavy atom. The number of nitrogens with one attached hydrogen (secondary N) is 1. The minimum Gasteiger partial charge on any atom is -0.496 e. The predicted octanol–water partition coefficient (Wildman–Crippen LogP) is 3.11. The van der Waals surface area contributed by atoms with E-state index in [1.54, 1.807) is 7.11 Å². The van der Waals surface area contributed by atoms with E-state index in [2.05, 4.69) is 31.3 Å². The van der Waals surface area contributed by atoms with Crippen LogP contribution in [-0.4, -0.2) is 19.0 Å². The van der Waals surface area contributed by atoms with Crippen LogP contribution in [0.5, 0.6) is 5.75 Å². The quantitative estimate of drug-likeness (QED) is 0.773. The highest BCUT2D eigenvalue weighted by molar-refractivity contribution is 6.18. The van der Waals surface area contributed by atoms with Crippen LogP contribution in [-0.2, 0) is 6.54 Å². The van der Waals surface area contributed by atoms with Crippen LogP contribution in [0, 0.1) is 6.92 Å². The Labute approximate surface area is 103 Å². The topological polar surface area (TPSA) is 21.3 Å². The molecule has 0 saturated carbocycles. The van der Waals surface area contributed by atoms with E-state index >= 15 is 0 Å². The van der Waals surface area contributed by atoms with Gasteiger partial charge in [0.15, 0.2) is 0 Å². The van der Waals surface area contributed by atoms with E-state index in [1.807, 2.05) is 6.07 Å². The molecule has 0 radical (unpaired) electrons. The molecule has 0 aromatic heterocycles. The molecule has 0 aliphatic carbocycles. The van der Waals surface area contributed by atoms with Gasteiger partial charge in [0.25, 0.3) is 0 Å². The Morgan fingerprint density at radius 3 is 2.75 bits per heavy atom. The van der Waals surface area contributed by atoms with Gasteiger partial charge in [0, 0.05) is 24.0 Å². The highest BCUT2D eigenvalue weighted by Crippen LogP contribution is 2.19. The summed E-state index contributed by atoms with van der Waals surface area (Å²) in [5.41, 5.74) is 2.43. The van der Waals surface area contributed by atoms with Gasteiger partial charge >= 0.3 is 0 Å². The zero-order chi connectivity index (χ0) is 12.0. The molecule has 2 nitrogen and oxygen atoms in total. The van der Waals surface area contributed by atoms with E-state index in [-0.39, 0.29) is 0 Å². The van der Waals surface area contributed by atoms with Crippen LogP contribution in [0.15, 0.2) is 18.2 Å². The molecular weight excluding hydrogens is 222 g/mol. The van der Waals surface area contributed by atoms with Gasteiger partial charge in [-0.3, -0.25) is 0 Å². The van der Waals surface area contributed by atoms with Gasteiger partial charge in [0.1, 0.15) is 5.75 Å². The maximum atomic E-state index is 5.85. The molecule has 0 spiro atoms. The molecule has 90 valence electrons. The molecule has 0 saturated heterocycles. The molecule has 1 rings (SSSR count). The largest absolute Gasteiger partial charge is 0.496 e. The fourth-order valence-corrected chi connectivity index (χ4v) is 1.94. The van der Waals surface area contributed by atoms with Gasteiger partial charge in [-0.05, 0) is 19.4 Å². The molecule has 0 aliphatic rings. The molecule has 1 aromatic carbocycles. The number of rotatable bonds is 6. The number of hydrogen-bond donors (Lipinski definition) is 1. The van der Waals surface area contributed by atoms with Crippen molar-refractivity contribution in [3.63, 3.8) is 0 Å². The summed E-state index contributed by atoms with van der Waals surface area (Å²) < 4.78 is 5.33. The molecule has 1 aromatic rings. The second-order valence-corrected chi connectivity index (χ2v) is 4.26. The Morgan fingerprint density at radius 1 is 1.44 bits per heavy atom. The van der Waals surface area contributed by atoms with Gasteiger partial charge in [0.2, 0.25) is 0 Å². The zero-order valence-electron chi connectivity index (χ0n) is 10.2. The van der Waals surface area contributed by atoms with Gasteiger partial charge < -0.3 is 10.1 Å². The summed E-state index contributed by atoms with van der Waals surface area (Å²) in [6.45, 7) is 5.02. The summed E-state index contributed by atoms with van der Waals surface area (Å²) in [4.78, 5) is 0. The molecule has 0 amide bonds. The predicted molar refractivity (Wildman–Crippen MR) is 69.4 cm³/mol. The van der Waals surface area contributed by atoms with Crippen LogP contribution < -0.4 is 10.1 Å². The average Bonchev–Trinajstić information content (AvgIpc) is 2.30. The number of aryl methyl sites for hydroxylation is 1. The van der Waals surface area contributed by atoms with Crippen LogP contribution in [0.4, 0.5) is 0 Å². The number of alkyl halides is 1. The number of methoxy groups -OCH3 is 1. The maximum Gasteiger partial charge on any atom is 0.123 e. The SMILES string of the molecule is CCC(CCl)NCc1cc(C)ccc1OC. The second kappa shape index (κ2) is 6.77. The van der Waals surface area contributed by atoms with Crippen LogP contribution in [0.25, 0.3) is 0 Å². The number of halogens is 1.